The van der Waals surface area contributed by atoms with E-state index in [4.69, 9.17) is 19.7 Å². The highest BCUT2D eigenvalue weighted by atomic mass is 19.4. The van der Waals surface area contributed by atoms with E-state index in [1.54, 1.807) is 10.9 Å². The van der Waals surface area contributed by atoms with E-state index < -0.39 is 17.5 Å². The molecule has 3 aromatic heterocycles. The molecule has 0 N–H and O–H groups in total. The molecule has 3 aliphatic carbocycles. The third kappa shape index (κ3) is 3.35. The van der Waals surface area contributed by atoms with Crippen LogP contribution < -0.4 is 4.90 Å². The third-order valence-electron chi connectivity index (χ3n) is 7.78. The van der Waals surface area contributed by atoms with Crippen LogP contribution in [0.15, 0.2) is 12.4 Å². The van der Waals surface area contributed by atoms with Crippen LogP contribution in [0.3, 0.4) is 0 Å². The lowest BCUT2D eigenvalue weighted by Crippen LogP contribution is -2.40. The van der Waals surface area contributed by atoms with Gasteiger partial charge in [0.15, 0.2) is 5.65 Å². The average Bonchev–Trinajstić information content (AvgIpc) is 3.47. The van der Waals surface area contributed by atoms with Crippen molar-refractivity contribution in [3.8, 4) is 0 Å². The van der Waals surface area contributed by atoms with E-state index in [0.717, 1.165) is 17.0 Å². The van der Waals surface area contributed by atoms with E-state index in [1.807, 2.05) is 32.0 Å². The lowest BCUT2D eigenvalue weighted by Gasteiger charge is -2.39. The first kappa shape index (κ1) is 21.7. The molecule has 34 heavy (non-hydrogen) atoms. The molecule has 7 rings (SSSR count). The Morgan fingerprint density at radius 1 is 1.06 bits per heavy atom. The van der Waals surface area contributed by atoms with Crippen molar-refractivity contribution in [2.45, 2.75) is 50.8 Å². The summed E-state index contributed by atoms with van der Waals surface area (Å²) in [5.41, 5.74) is 3.43. The lowest BCUT2D eigenvalue weighted by atomic mass is 9.67. The van der Waals surface area contributed by atoms with Crippen LogP contribution in [0.2, 0.25) is 0 Å². The number of alkyl halides is 3. The molecule has 1 unspecified atom stereocenters. The van der Waals surface area contributed by atoms with Crippen molar-refractivity contribution in [3.05, 3.63) is 35.0 Å². The number of aryl methyl sites for hydroxylation is 3. The second kappa shape index (κ2) is 7.34. The summed E-state index contributed by atoms with van der Waals surface area (Å²) >= 11 is 0. The van der Waals surface area contributed by atoms with Crippen LogP contribution in [0, 0.1) is 25.7 Å². The Morgan fingerprint density at radius 2 is 1.82 bits per heavy atom. The van der Waals surface area contributed by atoms with Gasteiger partial charge in [-0.05, 0) is 39.0 Å². The summed E-state index contributed by atoms with van der Waals surface area (Å²) in [6, 6.07) is 0. The predicted molar refractivity (Wildman–Crippen MR) is 117 cm³/mol. The zero-order chi connectivity index (χ0) is 23.8. The molecule has 0 radical (unpaired) electrons. The Morgan fingerprint density at radius 3 is 2.50 bits per heavy atom. The van der Waals surface area contributed by atoms with E-state index in [0.29, 0.717) is 55.3 Å². The van der Waals surface area contributed by atoms with Crippen LogP contribution in [0.25, 0.3) is 11.2 Å². The van der Waals surface area contributed by atoms with E-state index in [9.17, 15) is 13.2 Å². The molecule has 4 aliphatic rings. The van der Waals surface area contributed by atoms with Crippen LogP contribution in [0.4, 0.5) is 19.1 Å². The predicted octanol–water partition coefficient (Wildman–Crippen LogP) is 3.58. The monoisotopic (exact) mass is 473 g/mol. The molecule has 3 aromatic rings. The first-order valence-electron chi connectivity index (χ1n) is 11.6. The minimum atomic E-state index is -4.19. The van der Waals surface area contributed by atoms with Gasteiger partial charge in [0.2, 0.25) is 5.95 Å². The zero-order valence-electron chi connectivity index (χ0n) is 19.3. The molecule has 11 heteroatoms. The van der Waals surface area contributed by atoms with Crippen LogP contribution in [-0.2, 0) is 17.2 Å². The second-order valence-corrected chi connectivity index (χ2v) is 9.99. The van der Waals surface area contributed by atoms with E-state index in [-0.39, 0.29) is 18.4 Å². The maximum absolute atomic E-state index is 13.6. The SMILES string of the molecule is Cc1nc2nc(N3CCO[C@@H](c4cnn(C)c4)C3)nc(C34CC(C3)C(C(F)(F)F)C4)c2nc1C. The summed E-state index contributed by atoms with van der Waals surface area (Å²) in [7, 11) is 1.85. The molecular weight excluding hydrogens is 447 g/mol. The van der Waals surface area contributed by atoms with Crippen molar-refractivity contribution in [2.75, 3.05) is 24.6 Å². The molecular formula is C23H26F3N7O. The number of hydrogen-bond donors (Lipinski definition) is 0. The quantitative estimate of drug-likeness (QED) is 0.575. The van der Waals surface area contributed by atoms with Crippen molar-refractivity contribution in [3.63, 3.8) is 0 Å². The molecule has 2 atom stereocenters. The summed E-state index contributed by atoms with van der Waals surface area (Å²) in [4.78, 5) is 21.0. The number of halogens is 3. The lowest BCUT2D eigenvalue weighted by molar-refractivity contribution is -0.180. The molecule has 1 aliphatic heterocycles. The zero-order valence-corrected chi connectivity index (χ0v) is 19.3. The minimum Gasteiger partial charge on any atom is -0.370 e. The number of ether oxygens (including phenoxy) is 1. The number of hydrogen-bond acceptors (Lipinski definition) is 7. The van der Waals surface area contributed by atoms with Gasteiger partial charge in [-0.15, -0.1) is 0 Å². The van der Waals surface area contributed by atoms with E-state index in [1.165, 1.54) is 0 Å². The van der Waals surface area contributed by atoms with Gasteiger partial charge in [0.1, 0.15) is 11.6 Å². The average molecular weight is 474 g/mol. The molecule has 0 spiro atoms. The first-order valence-corrected chi connectivity index (χ1v) is 11.6. The maximum Gasteiger partial charge on any atom is 0.392 e. The number of fused-ring (bicyclic) bond motifs is 2. The third-order valence-corrected chi connectivity index (χ3v) is 7.78. The van der Waals surface area contributed by atoms with Gasteiger partial charge in [-0.3, -0.25) is 4.68 Å². The molecule has 2 bridgehead atoms. The Labute approximate surface area is 194 Å². The molecule has 1 saturated heterocycles. The van der Waals surface area contributed by atoms with Crippen LogP contribution in [-0.4, -0.2) is 55.6 Å². The van der Waals surface area contributed by atoms with Crippen LogP contribution in [0.1, 0.15) is 48.0 Å². The normalized spacial score (nSPS) is 29.0. The number of morpholine rings is 1. The van der Waals surface area contributed by atoms with Gasteiger partial charge in [-0.25, -0.2) is 15.0 Å². The van der Waals surface area contributed by atoms with Gasteiger partial charge in [0.05, 0.1) is 42.3 Å². The van der Waals surface area contributed by atoms with Gasteiger partial charge >= 0.3 is 6.18 Å². The fourth-order valence-electron chi connectivity index (χ4n) is 5.91. The molecule has 0 amide bonds. The molecule has 8 nitrogen and oxygen atoms in total. The Bertz CT molecular complexity index is 1270. The maximum atomic E-state index is 13.6. The number of rotatable bonds is 3. The summed E-state index contributed by atoms with van der Waals surface area (Å²) in [6.45, 7) is 5.31. The molecule has 180 valence electrons. The Hall–Kier alpha value is -2.82. The summed E-state index contributed by atoms with van der Waals surface area (Å²) in [5.74, 6) is -1.14. The first-order chi connectivity index (χ1) is 16.1. The van der Waals surface area contributed by atoms with Crippen molar-refractivity contribution in [2.24, 2.45) is 18.9 Å². The highest BCUT2D eigenvalue weighted by molar-refractivity contribution is 5.76. The standard InChI is InChI=1S/C23H26F3N7O/c1-12-13(2)29-20-18(28-12)19(22-6-14(7-22)16(8-22)23(24,25)26)30-21(31-20)33-4-5-34-17(11-33)15-9-27-32(3)10-15/h9-10,14,16-17H,4-8,11H2,1-3H3/t14?,16?,17-,22?/m1/s1. The van der Waals surface area contributed by atoms with Crippen molar-refractivity contribution in [1.29, 1.82) is 0 Å². The van der Waals surface area contributed by atoms with Crippen molar-refractivity contribution in [1.82, 2.24) is 29.7 Å². The fraction of sp³-hybridized carbons (Fsp3) is 0.609. The van der Waals surface area contributed by atoms with Gasteiger partial charge in [-0.1, -0.05) is 0 Å². The second-order valence-electron chi connectivity index (χ2n) is 9.99. The topological polar surface area (TPSA) is 81.9 Å². The van der Waals surface area contributed by atoms with Gasteiger partial charge in [0.25, 0.3) is 0 Å². The van der Waals surface area contributed by atoms with Crippen LogP contribution >= 0.6 is 0 Å². The molecule has 4 fully saturated rings. The van der Waals surface area contributed by atoms with Gasteiger partial charge in [0, 0.05) is 30.8 Å². The Balaban J connectivity index is 1.41. The number of nitrogens with zero attached hydrogens (tertiary/aromatic N) is 7. The van der Waals surface area contributed by atoms with Gasteiger partial charge < -0.3 is 9.64 Å². The number of anilines is 1. The Kier molecular flexibility index (Phi) is 4.68. The summed E-state index contributed by atoms with van der Waals surface area (Å²) in [6.07, 6.45) is 0.348. The highest BCUT2D eigenvalue weighted by Gasteiger charge is 2.65. The van der Waals surface area contributed by atoms with Crippen molar-refractivity contribution < 1.29 is 17.9 Å². The van der Waals surface area contributed by atoms with Crippen LogP contribution in [0.5, 0.6) is 0 Å². The van der Waals surface area contributed by atoms with E-state index in [2.05, 4.69) is 10.1 Å². The summed E-state index contributed by atoms with van der Waals surface area (Å²) < 4.78 is 48.6. The minimum absolute atomic E-state index is 0.0583. The van der Waals surface area contributed by atoms with Gasteiger partial charge in [-0.2, -0.15) is 23.3 Å². The largest absolute Gasteiger partial charge is 0.392 e. The molecule has 3 saturated carbocycles. The number of aromatic nitrogens is 6. The van der Waals surface area contributed by atoms with Crippen molar-refractivity contribution >= 4 is 17.1 Å². The summed E-state index contributed by atoms with van der Waals surface area (Å²) in [5, 5.41) is 4.23. The molecule has 0 aromatic carbocycles. The van der Waals surface area contributed by atoms with E-state index >= 15 is 0 Å². The smallest absolute Gasteiger partial charge is 0.370 e. The fourth-order valence-corrected chi connectivity index (χ4v) is 5.91. The molecule has 4 heterocycles. The highest BCUT2D eigenvalue weighted by Crippen LogP contribution is 2.66.